The van der Waals surface area contributed by atoms with Crippen molar-refractivity contribution in [3.63, 3.8) is 0 Å². The lowest BCUT2D eigenvalue weighted by molar-refractivity contribution is -0.148. The molecular weight excluding hydrogens is 706 g/mol. The van der Waals surface area contributed by atoms with Crippen LogP contribution in [0.1, 0.15) is 81.0 Å². The normalized spacial score (nSPS) is 25.1. The van der Waals surface area contributed by atoms with Crippen molar-refractivity contribution in [3.05, 3.63) is 100 Å². The summed E-state index contributed by atoms with van der Waals surface area (Å²) in [7, 11) is 3.49. The molecule has 8 nitrogen and oxygen atoms in total. The van der Waals surface area contributed by atoms with Gasteiger partial charge in [-0.1, -0.05) is 80.8 Å². The van der Waals surface area contributed by atoms with E-state index in [-0.39, 0.29) is 17.9 Å². The molecule has 0 aromatic heterocycles. The van der Waals surface area contributed by atoms with Gasteiger partial charge < -0.3 is 24.4 Å². The number of rotatable bonds is 7. The monoisotopic (exact) mass is 761 g/mol. The summed E-state index contributed by atoms with van der Waals surface area (Å²) in [5.74, 6) is 0.492. The molecule has 0 radical (unpaired) electrons. The Hall–Kier alpha value is -3.50. The number of anilines is 1. The average Bonchev–Trinajstić information content (AvgIpc) is 3.33. The fourth-order valence-electron chi connectivity index (χ4n) is 7.59. The number of carbonyl (C=O) groups is 2. The van der Waals surface area contributed by atoms with Crippen LogP contribution in [0.5, 0.6) is 5.75 Å². The Bertz CT molecular complexity index is 1740. The largest absolute Gasteiger partial charge is 0.491 e. The molecule has 2 bridgehead atoms. The van der Waals surface area contributed by atoms with Gasteiger partial charge in [0, 0.05) is 49.6 Å². The Labute approximate surface area is 325 Å². The molecule has 1 saturated carbocycles. The van der Waals surface area contributed by atoms with Gasteiger partial charge in [-0.15, -0.1) is 0 Å². The lowest BCUT2D eigenvalue weighted by Crippen LogP contribution is -2.46. The van der Waals surface area contributed by atoms with Crippen molar-refractivity contribution >= 4 is 41.1 Å². The van der Waals surface area contributed by atoms with E-state index in [1.54, 1.807) is 25.1 Å². The highest BCUT2D eigenvalue weighted by atomic mass is 35.5. The fraction of sp³-hybridized carbons (Fsp3) is 0.488. The van der Waals surface area contributed by atoms with Gasteiger partial charge in [0.05, 0.1) is 24.8 Å². The first-order valence-corrected chi connectivity index (χ1v) is 20.3. The van der Waals surface area contributed by atoms with E-state index in [0.717, 1.165) is 65.3 Å². The lowest BCUT2D eigenvalue weighted by atomic mass is 9.70. The van der Waals surface area contributed by atoms with Crippen LogP contribution in [0.15, 0.2) is 77.7 Å². The molecule has 1 aliphatic carbocycles. The Morgan fingerprint density at radius 1 is 1.09 bits per heavy atom. The van der Waals surface area contributed by atoms with E-state index < -0.39 is 17.9 Å². The third kappa shape index (κ3) is 9.60. The third-order valence-electron chi connectivity index (χ3n) is 10.8. The Kier molecular flexibility index (Phi) is 14.4. The molecule has 3 aliphatic rings. The second kappa shape index (κ2) is 18.7. The van der Waals surface area contributed by atoms with Crippen LogP contribution in [-0.4, -0.2) is 68.3 Å². The quantitative estimate of drug-likeness (QED) is 0.185. The minimum absolute atomic E-state index is 0.0188. The average molecular weight is 762 g/mol. The van der Waals surface area contributed by atoms with Crippen LogP contribution >= 0.6 is 23.5 Å². The number of hydrogen-bond donors (Lipinski definition) is 2. The Morgan fingerprint density at radius 2 is 1.87 bits per heavy atom. The van der Waals surface area contributed by atoms with Gasteiger partial charge in [0.1, 0.15) is 5.75 Å². The Balaban J connectivity index is 0.00000266. The molecule has 286 valence electrons. The van der Waals surface area contributed by atoms with E-state index in [9.17, 15) is 14.7 Å². The van der Waals surface area contributed by atoms with Gasteiger partial charge in [0.25, 0.3) is 5.91 Å². The van der Waals surface area contributed by atoms with Crippen LogP contribution in [0.4, 0.5) is 5.69 Å². The maximum atomic E-state index is 14.1. The summed E-state index contributed by atoms with van der Waals surface area (Å²) in [5, 5.41) is 13.1. The number of nitrogens with zero attached hydrogens (tertiary/aromatic N) is 2. The van der Waals surface area contributed by atoms with Crippen molar-refractivity contribution in [1.82, 2.24) is 9.62 Å². The molecule has 1 fully saturated rings. The summed E-state index contributed by atoms with van der Waals surface area (Å²) in [4.78, 5) is 32.6. The molecule has 0 spiro atoms. The molecule has 10 heteroatoms. The molecule has 4 unspecified atom stereocenters. The van der Waals surface area contributed by atoms with Crippen molar-refractivity contribution < 1.29 is 24.2 Å². The highest BCUT2D eigenvalue weighted by Crippen LogP contribution is 2.44. The van der Waals surface area contributed by atoms with Crippen LogP contribution in [0.25, 0.3) is 0 Å². The summed E-state index contributed by atoms with van der Waals surface area (Å²) >= 11 is 7.59. The van der Waals surface area contributed by atoms with Crippen LogP contribution in [0.3, 0.4) is 0 Å². The second-order valence-electron chi connectivity index (χ2n) is 14.3. The predicted molar refractivity (Wildman–Crippen MR) is 216 cm³/mol. The number of methoxy groups -OCH3 is 1. The molecular formula is C43H56ClN3O5S. The maximum absolute atomic E-state index is 14.1. The number of aliphatic hydroxyl groups is 1. The minimum atomic E-state index is -2.13. The second-order valence-corrected chi connectivity index (χ2v) is 15.6. The number of benzene rings is 3. The molecule has 0 saturated heterocycles. The van der Waals surface area contributed by atoms with Crippen molar-refractivity contribution in [2.45, 2.75) is 88.7 Å². The van der Waals surface area contributed by atoms with Gasteiger partial charge in [-0.2, -0.15) is 0 Å². The van der Waals surface area contributed by atoms with E-state index in [1.807, 2.05) is 63.2 Å². The van der Waals surface area contributed by atoms with Gasteiger partial charge >= 0.3 is 0 Å². The van der Waals surface area contributed by atoms with Crippen LogP contribution < -0.4 is 14.4 Å². The predicted octanol–water partition coefficient (Wildman–Crippen LogP) is 8.47. The zero-order valence-electron chi connectivity index (χ0n) is 32.1. The molecule has 5 atom stereocenters. The standard InChI is InChI=1S/C41H50ClN3O5S.C2H6/c1-5-8-28-21-32(42)14-18-34(28)30-25-45-24-29-12-17-35(29)37(49-4)9-6-7-20-44(3)39(46)23-41(48,31-13-19-38(50-26-30)36(45)22-31)40(47)43-51-33-15-10-27(2)11-16-33;1-2/h6,9-11,13-16,18-19,21-22,29-30,35,37,48H,5,7-8,12,17,20,23-26H2,1-4H3,(H,43,47);1-2H3/b9-6+;/t29?,30?,35?,37?,41-;/m1./s1. The van der Waals surface area contributed by atoms with Crippen molar-refractivity contribution in [3.8, 4) is 5.75 Å². The van der Waals surface area contributed by atoms with Gasteiger partial charge in [0.15, 0.2) is 5.60 Å². The van der Waals surface area contributed by atoms with E-state index in [0.29, 0.717) is 49.3 Å². The molecule has 3 aromatic carbocycles. The number of halogens is 1. The first kappa shape index (κ1) is 40.7. The van der Waals surface area contributed by atoms with E-state index in [1.165, 1.54) is 11.1 Å². The molecule has 2 amide bonds. The van der Waals surface area contributed by atoms with Crippen molar-refractivity contribution in [1.29, 1.82) is 0 Å². The SMILES string of the molecule is CC.CCCc1cc(Cl)ccc1C1COc2ccc3cc2N(C1)CC1CCC1C(OC)/C=C/CCN(C)C(=O)C[C@]3(O)C(=O)NSc1ccc(C)cc1. The van der Waals surface area contributed by atoms with Crippen molar-refractivity contribution in [2.24, 2.45) is 11.8 Å². The van der Waals surface area contributed by atoms with Crippen LogP contribution in [0, 0.1) is 18.8 Å². The smallest absolute Gasteiger partial charge is 0.267 e. The highest BCUT2D eigenvalue weighted by Gasteiger charge is 2.43. The fourth-order valence-corrected chi connectivity index (χ4v) is 8.44. The molecule has 2 heterocycles. The number of amides is 2. The van der Waals surface area contributed by atoms with Crippen molar-refractivity contribution in [2.75, 3.05) is 45.3 Å². The molecule has 3 aromatic rings. The summed E-state index contributed by atoms with van der Waals surface area (Å²) < 4.78 is 15.4. The number of fused-ring (bicyclic) bond motifs is 2. The molecule has 6 rings (SSSR count). The highest BCUT2D eigenvalue weighted by molar-refractivity contribution is 7.98. The molecule has 2 aliphatic heterocycles. The summed E-state index contributed by atoms with van der Waals surface area (Å²) in [6.45, 7) is 10.5. The topological polar surface area (TPSA) is 91.3 Å². The van der Waals surface area contributed by atoms with Crippen LogP contribution in [0.2, 0.25) is 5.02 Å². The van der Waals surface area contributed by atoms with E-state index in [4.69, 9.17) is 21.1 Å². The van der Waals surface area contributed by atoms with E-state index >= 15 is 0 Å². The molecule has 53 heavy (non-hydrogen) atoms. The third-order valence-corrected chi connectivity index (χ3v) is 11.8. The van der Waals surface area contributed by atoms with Crippen LogP contribution in [-0.2, 0) is 26.3 Å². The zero-order chi connectivity index (χ0) is 38.1. The van der Waals surface area contributed by atoms with Gasteiger partial charge in [-0.25, -0.2) is 0 Å². The lowest BCUT2D eigenvalue weighted by Gasteiger charge is -2.43. The number of ether oxygens (including phenoxy) is 2. The first-order valence-electron chi connectivity index (χ1n) is 19.1. The Morgan fingerprint density at radius 3 is 2.57 bits per heavy atom. The number of carbonyl (C=O) groups excluding carboxylic acids is 2. The number of nitrogens with one attached hydrogen (secondary N) is 1. The number of hydrogen-bond acceptors (Lipinski definition) is 7. The summed E-state index contributed by atoms with van der Waals surface area (Å²) in [6.07, 6.45) is 8.50. The minimum Gasteiger partial charge on any atom is -0.491 e. The summed E-state index contributed by atoms with van der Waals surface area (Å²) in [5.41, 5.74) is 2.58. The maximum Gasteiger partial charge on any atom is 0.267 e. The van der Waals surface area contributed by atoms with Gasteiger partial charge in [-0.05, 0) is 109 Å². The van der Waals surface area contributed by atoms with E-state index in [2.05, 4.69) is 40.8 Å². The zero-order valence-corrected chi connectivity index (χ0v) is 33.6. The molecule has 2 N–H and O–H groups in total. The van der Waals surface area contributed by atoms with Gasteiger partial charge in [-0.3, -0.25) is 14.3 Å². The first-order chi connectivity index (χ1) is 25.6. The summed E-state index contributed by atoms with van der Waals surface area (Å²) in [6, 6.07) is 19.4. The van der Waals surface area contributed by atoms with Gasteiger partial charge in [0.2, 0.25) is 5.91 Å². The number of aryl methyl sites for hydroxylation is 2.